The predicted octanol–water partition coefficient (Wildman–Crippen LogP) is 6.18. The minimum atomic E-state index is -2.44. The topological polar surface area (TPSA) is 397 Å². The molecule has 0 radical (unpaired) electrons. The summed E-state index contributed by atoms with van der Waals surface area (Å²) < 4.78 is 13.5. The molecular weight excluding hydrogens is 1410 g/mol. The normalized spacial score (nSPS) is 17.3. The Balaban J connectivity index is 1.21. The van der Waals surface area contributed by atoms with Crippen molar-refractivity contribution in [3.8, 4) is 0 Å². The number of primary amides is 1. The number of amides is 6. The number of nitrogens with two attached hydrogens (primary N) is 1. The van der Waals surface area contributed by atoms with Crippen molar-refractivity contribution in [3.63, 3.8) is 0 Å². The number of rotatable bonds is 31. The molecule has 1 aliphatic rings. The van der Waals surface area contributed by atoms with Crippen LogP contribution in [0.25, 0.3) is 10.4 Å². The second-order valence-electron chi connectivity index (χ2n) is 23.0. The zero-order valence-corrected chi connectivity index (χ0v) is 59.3. The van der Waals surface area contributed by atoms with Crippen molar-refractivity contribution in [3.05, 3.63) is 148 Å². The molecule has 0 bridgehead atoms. The number of carbonyl (C=O) groups is 7. The third kappa shape index (κ3) is 18.2. The fourth-order valence-corrected chi connectivity index (χ4v) is 18.1. The van der Waals surface area contributed by atoms with Crippen LogP contribution < -0.4 is 41.2 Å². The van der Waals surface area contributed by atoms with Crippen molar-refractivity contribution in [2.45, 2.75) is 150 Å². The number of hydrogen-bond acceptors (Lipinski definition) is 21. The Labute approximate surface area is 560 Å². The average molecular weight is 1480 g/mol. The number of ether oxygens (including phenoxy) is 1. The van der Waals surface area contributed by atoms with E-state index in [2.05, 4.69) is 53.2 Å². The van der Waals surface area contributed by atoms with Crippen LogP contribution in [0, 0.1) is 0 Å². The van der Waals surface area contributed by atoms with E-state index in [1.165, 1.54) is 43.0 Å². The summed E-state index contributed by atoms with van der Waals surface area (Å²) in [7, 11) is -2.44. The third-order valence-electron chi connectivity index (χ3n) is 15.3. The van der Waals surface area contributed by atoms with Gasteiger partial charge in [-0.25, -0.2) is 19.6 Å². The summed E-state index contributed by atoms with van der Waals surface area (Å²) in [5.41, 5.74) is 11.9. The Morgan fingerprint density at radius 1 is 0.793 bits per heavy atom. The van der Waals surface area contributed by atoms with Crippen LogP contribution >= 0.6 is 45.3 Å². The van der Waals surface area contributed by atoms with Crippen molar-refractivity contribution in [1.29, 1.82) is 0 Å². The number of alkyl carbamates (subject to hydrolysis) is 1. The summed E-state index contributed by atoms with van der Waals surface area (Å²) in [4.78, 5) is 122. The van der Waals surface area contributed by atoms with E-state index in [0.717, 1.165) is 54.3 Å². The molecule has 4 aromatic heterocycles. The number of carboxylic acids is 1. The van der Waals surface area contributed by atoms with Crippen LogP contribution in [-0.2, 0) is 29.1 Å². The summed E-state index contributed by atoms with van der Waals surface area (Å²) in [5, 5.41) is 57.9. The first kappa shape index (κ1) is 72.3. The maximum atomic E-state index is 14.5. The molecule has 0 saturated heterocycles. The van der Waals surface area contributed by atoms with Gasteiger partial charge in [0.25, 0.3) is 5.91 Å². The van der Waals surface area contributed by atoms with Gasteiger partial charge in [0, 0.05) is 21.1 Å². The number of aliphatic hydroxyl groups is 2. The van der Waals surface area contributed by atoms with Crippen LogP contribution in [0.5, 0.6) is 0 Å². The van der Waals surface area contributed by atoms with E-state index in [1.807, 2.05) is 94.5 Å². The van der Waals surface area contributed by atoms with Gasteiger partial charge in [-0.05, 0) is 51.4 Å². The molecule has 10 atom stereocenters. The molecule has 33 heteroatoms. The zero-order valence-electron chi connectivity index (χ0n) is 51.6. The molecular formula is C59H72N14O12S4Se2Si. The van der Waals surface area contributed by atoms with Crippen molar-refractivity contribution in [2.75, 3.05) is 6.61 Å². The van der Waals surface area contributed by atoms with Gasteiger partial charge >= 0.3 is 283 Å². The van der Waals surface area contributed by atoms with Crippen molar-refractivity contribution in [2.24, 2.45) is 15.8 Å². The fraction of sp³-hybridized carbons (Fsp3) is 0.424. The number of thiazole rings is 4. The van der Waals surface area contributed by atoms with Crippen LogP contribution in [0.1, 0.15) is 137 Å². The van der Waals surface area contributed by atoms with Gasteiger partial charge in [-0.2, -0.15) is 0 Å². The molecule has 0 spiro atoms. The Kier molecular flexibility index (Phi) is 24.9. The molecule has 7 rings (SSSR count). The second kappa shape index (κ2) is 31.7. The average Bonchev–Trinajstić information content (AvgIpc) is 1.58. The zero-order chi connectivity index (χ0) is 67.3. The molecule has 6 aromatic rings. The SMILES string of the molecule is C=CCOC(=O)N[C@@H](C)C(=O)N[C@H](c1csc([C@@H](NC(=O)c2csc([C@@H](N=[N+]=[N-])[C@](C)(O)[C@@H](C)O[Si](C)(C)C(C)(C)C)n2)[C@@H](C)O)n1)[C@@]1(c2nc(C(=O)O)cs2)CCC(c2nc(C(=O)N[C@@H](C[Se]c3ccccc3)C(=O)N[C@@H](C[Se]c3ccccc3)C(N)=O)cs2)=N1. The van der Waals surface area contributed by atoms with E-state index < -0.39 is 110 Å². The summed E-state index contributed by atoms with van der Waals surface area (Å²) in [6.07, 6.45) is -1.59. The Bertz CT molecular complexity index is 3710. The second-order valence-corrected chi connectivity index (χ2v) is 35.9. The number of aliphatic imine (C=N–C) groups is 1. The van der Waals surface area contributed by atoms with Gasteiger partial charge in [0.05, 0.1) is 12.2 Å². The van der Waals surface area contributed by atoms with Gasteiger partial charge < -0.3 is 35.1 Å². The number of nitrogens with one attached hydrogen (secondary N) is 5. The first-order valence-corrected chi connectivity index (χ1v) is 39.2. The minimum absolute atomic E-state index is 0.0288. The predicted molar refractivity (Wildman–Crippen MR) is 356 cm³/mol. The van der Waals surface area contributed by atoms with Gasteiger partial charge in [-0.15, -0.1) is 22.7 Å². The van der Waals surface area contributed by atoms with E-state index >= 15 is 0 Å². The summed E-state index contributed by atoms with van der Waals surface area (Å²) in [5.74, 6) is -4.93. The quantitative estimate of drug-likeness (QED) is 0.00771. The van der Waals surface area contributed by atoms with Crippen LogP contribution in [-0.4, -0.2) is 163 Å². The Hall–Kier alpha value is -7.09. The van der Waals surface area contributed by atoms with Gasteiger partial charge in [0.1, 0.15) is 46.0 Å². The van der Waals surface area contributed by atoms with Crippen molar-refractivity contribution >= 4 is 140 Å². The number of azide groups is 1. The Morgan fingerprint density at radius 2 is 1.39 bits per heavy atom. The van der Waals surface area contributed by atoms with Gasteiger partial charge in [0.2, 0.25) is 5.91 Å². The number of aromatic carboxylic acids is 1. The van der Waals surface area contributed by atoms with E-state index in [9.17, 15) is 54.4 Å². The molecule has 1 aliphatic heterocycles. The van der Waals surface area contributed by atoms with Gasteiger partial charge in [-0.3, -0.25) is 9.59 Å². The van der Waals surface area contributed by atoms with Crippen molar-refractivity contribution < 1.29 is 58.0 Å². The third-order valence-corrected chi connectivity index (χ3v) is 28.2. The van der Waals surface area contributed by atoms with Crippen LogP contribution in [0.4, 0.5) is 4.79 Å². The Morgan fingerprint density at radius 3 is 1.98 bits per heavy atom. The van der Waals surface area contributed by atoms with E-state index in [0.29, 0.717) is 5.71 Å². The molecule has 26 nitrogen and oxygen atoms in total. The number of carboxylic acid groups (broad SMARTS) is 1. The summed E-state index contributed by atoms with van der Waals surface area (Å²) in [6, 6.07) is 11.7. The first-order valence-electron chi connectivity index (χ1n) is 28.7. The van der Waals surface area contributed by atoms with E-state index in [1.54, 1.807) is 12.3 Å². The fourth-order valence-electron chi connectivity index (χ4n) is 8.91. The number of benzene rings is 2. The van der Waals surface area contributed by atoms with E-state index in [-0.39, 0.29) is 108 Å². The first-order chi connectivity index (χ1) is 43.5. The molecule has 0 unspecified atom stereocenters. The maximum absolute atomic E-state index is 14.5. The molecule has 2 aromatic carbocycles. The van der Waals surface area contributed by atoms with Gasteiger partial charge in [0.15, 0.2) is 14.0 Å². The number of aromatic nitrogens is 4. The number of carbonyl (C=O) groups excluding carboxylic acids is 6. The van der Waals surface area contributed by atoms with E-state index in [4.69, 9.17) is 29.9 Å². The van der Waals surface area contributed by atoms with Crippen LogP contribution in [0.2, 0.25) is 28.8 Å². The molecule has 0 fully saturated rings. The number of hydrogen-bond donors (Lipinski definition) is 9. The standard InChI is InChI=1S/C59H72N14O12S4Se2Si/c1-11-24-84-56(82)62-31(2)47(76)70-44(37-25-87-52(65-37)43(32(3)74)69-49(78)39-27-88-53(67-39)45(72-73-61)58(8,83)33(4)85-92(9,10)57(5,6)7)59(55-68-40(28-89-55)54(80)81)23-22-36(71-59)51-66-38(26-86-51)48(77)64-42(30-91-35-20-16-13-17-21-35)50(79)63-41(46(60)75)29-90-34-18-14-12-15-19-34/h11-21,25-28,31-33,41-45,74,83H,1,22-24,29-30H2,2-10H3,(H2,60,75)(H,62,82)(H,63,79)(H,64,77)(H,69,78)(H,70,76)(H,80,81)/t31-,32+,33+,41-,42-,43-,44+,45+,58+,59+/m0/s1. The van der Waals surface area contributed by atoms with Crippen LogP contribution in [0.15, 0.2) is 105 Å². The molecule has 5 heterocycles. The molecule has 490 valence electrons. The van der Waals surface area contributed by atoms with Crippen molar-refractivity contribution in [1.82, 2.24) is 46.5 Å². The molecule has 0 saturated carbocycles. The molecule has 6 amide bonds. The number of nitrogens with zero attached hydrogens (tertiary/aromatic N) is 8. The van der Waals surface area contributed by atoms with Gasteiger partial charge in [-0.1, -0.05) is 38.5 Å². The summed E-state index contributed by atoms with van der Waals surface area (Å²) >= 11 is 3.45. The monoisotopic (exact) mass is 1480 g/mol. The molecule has 0 aliphatic carbocycles. The molecule has 10 N–H and O–H groups in total. The number of aliphatic hydroxyl groups excluding tert-OH is 1. The van der Waals surface area contributed by atoms with Crippen LogP contribution in [0.3, 0.4) is 0 Å². The summed E-state index contributed by atoms with van der Waals surface area (Å²) in [6.45, 7) is 19.6. The molecule has 92 heavy (non-hydrogen) atoms.